The van der Waals surface area contributed by atoms with Crippen LogP contribution < -0.4 is 4.74 Å². The molecule has 72 valence electrons. The SMILES string of the molecule is COc1cccc2c(Cl)nc(C)nc12. The van der Waals surface area contributed by atoms with Gasteiger partial charge >= 0.3 is 0 Å². The first-order valence-corrected chi connectivity index (χ1v) is 4.57. The average Bonchev–Trinajstić information content (AvgIpc) is 2.17. The van der Waals surface area contributed by atoms with Gasteiger partial charge in [-0.1, -0.05) is 17.7 Å². The summed E-state index contributed by atoms with van der Waals surface area (Å²) in [5.74, 6) is 1.36. The van der Waals surface area contributed by atoms with Crippen molar-refractivity contribution in [3.05, 3.63) is 29.2 Å². The Balaban J connectivity index is 2.86. The van der Waals surface area contributed by atoms with Gasteiger partial charge in [0.2, 0.25) is 0 Å². The number of para-hydroxylation sites is 1. The minimum Gasteiger partial charge on any atom is -0.494 e. The molecule has 0 saturated carbocycles. The lowest BCUT2D eigenvalue weighted by atomic mass is 10.2. The van der Waals surface area contributed by atoms with Gasteiger partial charge in [-0.2, -0.15) is 0 Å². The van der Waals surface area contributed by atoms with Gasteiger partial charge < -0.3 is 4.74 Å². The lowest BCUT2D eigenvalue weighted by Crippen LogP contribution is -1.93. The number of halogens is 1. The molecule has 0 amide bonds. The first-order valence-electron chi connectivity index (χ1n) is 4.19. The predicted molar refractivity (Wildman–Crippen MR) is 55.8 cm³/mol. The summed E-state index contributed by atoms with van der Waals surface area (Å²) in [7, 11) is 1.61. The van der Waals surface area contributed by atoms with Gasteiger partial charge in [0.05, 0.1) is 7.11 Å². The Labute approximate surface area is 86.7 Å². The Morgan fingerprint density at radius 1 is 1.29 bits per heavy atom. The van der Waals surface area contributed by atoms with Crippen LogP contribution in [0.2, 0.25) is 5.15 Å². The first-order chi connectivity index (χ1) is 6.72. The molecule has 3 nitrogen and oxygen atoms in total. The van der Waals surface area contributed by atoms with E-state index in [1.807, 2.05) is 18.2 Å². The summed E-state index contributed by atoms with van der Waals surface area (Å²) < 4.78 is 5.19. The monoisotopic (exact) mass is 208 g/mol. The van der Waals surface area contributed by atoms with Gasteiger partial charge in [-0.3, -0.25) is 0 Å². The van der Waals surface area contributed by atoms with Crippen LogP contribution in [-0.2, 0) is 0 Å². The van der Waals surface area contributed by atoms with Gasteiger partial charge in [0.1, 0.15) is 22.2 Å². The summed E-state index contributed by atoms with van der Waals surface area (Å²) in [5, 5.41) is 1.28. The van der Waals surface area contributed by atoms with Crippen LogP contribution in [0.5, 0.6) is 5.75 Å². The molecular formula is C10H9ClN2O. The van der Waals surface area contributed by atoms with E-state index in [0.29, 0.717) is 11.0 Å². The highest BCUT2D eigenvalue weighted by molar-refractivity contribution is 6.34. The average molecular weight is 209 g/mol. The van der Waals surface area contributed by atoms with Crippen molar-refractivity contribution in [2.24, 2.45) is 0 Å². The molecule has 0 radical (unpaired) electrons. The van der Waals surface area contributed by atoms with Crippen LogP contribution in [0.3, 0.4) is 0 Å². The number of hydrogen-bond acceptors (Lipinski definition) is 3. The zero-order valence-corrected chi connectivity index (χ0v) is 8.67. The molecule has 0 aliphatic heterocycles. The molecule has 0 aliphatic rings. The number of methoxy groups -OCH3 is 1. The van der Waals surface area contributed by atoms with E-state index in [-0.39, 0.29) is 0 Å². The second-order valence-corrected chi connectivity index (χ2v) is 3.28. The molecule has 4 heteroatoms. The number of ether oxygens (including phenoxy) is 1. The van der Waals surface area contributed by atoms with Crippen LogP contribution in [0.15, 0.2) is 18.2 Å². The molecule has 0 unspecified atom stereocenters. The molecule has 1 aromatic carbocycles. The summed E-state index contributed by atoms with van der Waals surface area (Å²) in [4.78, 5) is 8.36. The molecule has 1 aromatic heterocycles. The smallest absolute Gasteiger partial charge is 0.145 e. The summed E-state index contributed by atoms with van der Waals surface area (Å²) in [6, 6.07) is 5.59. The van der Waals surface area contributed by atoms with Crippen LogP contribution in [0, 0.1) is 6.92 Å². The fourth-order valence-electron chi connectivity index (χ4n) is 1.36. The van der Waals surface area contributed by atoms with Crippen LogP contribution in [0.25, 0.3) is 10.9 Å². The summed E-state index contributed by atoms with van der Waals surface area (Å²) in [5.41, 5.74) is 0.757. The molecule has 14 heavy (non-hydrogen) atoms. The van der Waals surface area contributed by atoms with Gasteiger partial charge in [0.15, 0.2) is 0 Å². The maximum atomic E-state index is 5.98. The Morgan fingerprint density at radius 2 is 2.07 bits per heavy atom. The third-order valence-corrected chi connectivity index (χ3v) is 2.26. The molecule has 0 bridgehead atoms. The maximum Gasteiger partial charge on any atom is 0.145 e. The number of aryl methyl sites for hydroxylation is 1. The number of aromatic nitrogens is 2. The van der Waals surface area contributed by atoms with E-state index in [4.69, 9.17) is 16.3 Å². The largest absolute Gasteiger partial charge is 0.494 e. The topological polar surface area (TPSA) is 35.0 Å². The van der Waals surface area contributed by atoms with Crippen molar-refractivity contribution in [3.63, 3.8) is 0 Å². The quantitative estimate of drug-likeness (QED) is 0.676. The van der Waals surface area contributed by atoms with E-state index in [1.165, 1.54) is 0 Å². The highest BCUT2D eigenvalue weighted by atomic mass is 35.5. The van der Waals surface area contributed by atoms with Crippen molar-refractivity contribution < 1.29 is 4.74 Å². The van der Waals surface area contributed by atoms with Crippen LogP contribution in [0.4, 0.5) is 0 Å². The lowest BCUT2D eigenvalue weighted by molar-refractivity contribution is 0.418. The number of fused-ring (bicyclic) bond motifs is 1. The number of benzene rings is 1. The number of rotatable bonds is 1. The molecule has 0 N–H and O–H groups in total. The normalized spacial score (nSPS) is 10.5. The van der Waals surface area contributed by atoms with E-state index in [2.05, 4.69) is 9.97 Å². The molecular weight excluding hydrogens is 200 g/mol. The molecule has 0 saturated heterocycles. The number of hydrogen-bond donors (Lipinski definition) is 0. The first kappa shape index (κ1) is 9.21. The summed E-state index contributed by atoms with van der Waals surface area (Å²) >= 11 is 5.98. The second-order valence-electron chi connectivity index (χ2n) is 2.92. The van der Waals surface area contributed by atoms with Crippen LogP contribution in [0.1, 0.15) is 5.82 Å². The van der Waals surface area contributed by atoms with Crippen LogP contribution >= 0.6 is 11.6 Å². The molecule has 2 aromatic rings. The Hall–Kier alpha value is -1.35. The van der Waals surface area contributed by atoms with Crippen molar-refractivity contribution in [2.75, 3.05) is 7.11 Å². The Bertz CT molecular complexity index is 485. The van der Waals surface area contributed by atoms with Gasteiger partial charge in [-0.25, -0.2) is 9.97 Å². The Morgan fingerprint density at radius 3 is 2.79 bits per heavy atom. The lowest BCUT2D eigenvalue weighted by Gasteiger charge is -2.05. The minimum atomic E-state index is 0.464. The molecule has 0 aliphatic carbocycles. The van der Waals surface area contributed by atoms with Gasteiger partial charge in [-0.05, 0) is 19.1 Å². The summed E-state index contributed by atoms with van der Waals surface area (Å²) in [6.07, 6.45) is 0. The standard InChI is InChI=1S/C10H9ClN2O/c1-6-12-9-7(10(11)13-6)4-3-5-8(9)14-2/h3-5H,1-2H3. The summed E-state index contributed by atoms with van der Waals surface area (Å²) in [6.45, 7) is 1.80. The van der Waals surface area contributed by atoms with Gasteiger partial charge in [0.25, 0.3) is 0 Å². The molecule has 0 atom stereocenters. The van der Waals surface area contributed by atoms with E-state index in [1.54, 1.807) is 14.0 Å². The highest BCUT2D eigenvalue weighted by Gasteiger charge is 2.07. The highest BCUT2D eigenvalue weighted by Crippen LogP contribution is 2.27. The van der Waals surface area contributed by atoms with Crippen molar-refractivity contribution in [2.45, 2.75) is 6.92 Å². The van der Waals surface area contributed by atoms with Crippen LogP contribution in [-0.4, -0.2) is 17.1 Å². The zero-order chi connectivity index (χ0) is 10.1. The fourth-order valence-corrected chi connectivity index (χ4v) is 1.63. The fraction of sp³-hybridized carbons (Fsp3) is 0.200. The molecule has 2 rings (SSSR count). The third kappa shape index (κ3) is 1.40. The molecule has 0 spiro atoms. The molecule has 1 heterocycles. The maximum absolute atomic E-state index is 5.98. The van der Waals surface area contributed by atoms with Crippen molar-refractivity contribution >= 4 is 22.5 Å². The third-order valence-electron chi connectivity index (χ3n) is 1.97. The van der Waals surface area contributed by atoms with Crippen molar-refractivity contribution in [1.29, 1.82) is 0 Å². The van der Waals surface area contributed by atoms with Gasteiger partial charge in [0, 0.05) is 5.39 Å². The van der Waals surface area contributed by atoms with E-state index in [9.17, 15) is 0 Å². The minimum absolute atomic E-state index is 0.464. The van der Waals surface area contributed by atoms with E-state index in [0.717, 1.165) is 16.7 Å². The van der Waals surface area contributed by atoms with Crippen molar-refractivity contribution in [3.8, 4) is 5.75 Å². The van der Waals surface area contributed by atoms with Crippen molar-refractivity contribution in [1.82, 2.24) is 9.97 Å². The van der Waals surface area contributed by atoms with E-state index >= 15 is 0 Å². The zero-order valence-electron chi connectivity index (χ0n) is 7.91. The van der Waals surface area contributed by atoms with E-state index < -0.39 is 0 Å². The molecule has 0 fully saturated rings. The predicted octanol–water partition coefficient (Wildman–Crippen LogP) is 2.60. The van der Waals surface area contributed by atoms with Gasteiger partial charge in [-0.15, -0.1) is 0 Å². The number of nitrogens with zero attached hydrogens (tertiary/aromatic N) is 2. The Kier molecular flexibility index (Phi) is 2.25. The second kappa shape index (κ2) is 3.42.